The molecule has 7 heteroatoms. The lowest BCUT2D eigenvalue weighted by Crippen LogP contribution is -2.32. The summed E-state index contributed by atoms with van der Waals surface area (Å²) in [6, 6.07) is 5.40. The summed E-state index contributed by atoms with van der Waals surface area (Å²) in [6.45, 7) is 1.09. The van der Waals surface area contributed by atoms with Crippen LogP contribution >= 0.6 is 0 Å². The molecule has 1 unspecified atom stereocenters. The van der Waals surface area contributed by atoms with Crippen LogP contribution in [-0.2, 0) is 4.74 Å². The minimum Gasteiger partial charge on any atom is -0.410 e. The Kier molecular flexibility index (Phi) is 3.96. The van der Waals surface area contributed by atoms with Gasteiger partial charge >= 0.3 is 6.09 Å². The van der Waals surface area contributed by atoms with Crippen LogP contribution in [0.2, 0.25) is 0 Å². The van der Waals surface area contributed by atoms with Gasteiger partial charge in [-0.25, -0.2) is 4.79 Å². The number of hydrogen-bond donors (Lipinski definition) is 0. The van der Waals surface area contributed by atoms with Gasteiger partial charge in [0, 0.05) is 25.8 Å². The van der Waals surface area contributed by atoms with Crippen molar-refractivity contribution >= 4 is 11.8 Å². The molecule has 7 nitrogen and oxygen atoms in total. The molecular formula is C12H14N2O5. The van der Waals surface area contributed by atoms with E-state index in [0.717, 1.165) is 6.42 Å². The molecule has 1 atom stereocenters. The van der Waals surface area contributed by atoms with Crippen molar-refractivity contribution in [1.82, 2.24) is 4.90 Å². The molecule has 1 aliphatic rings. The van der Waals surface area contributed by atoms with Gasteiger partial charge in [-0.1, -0.05) is 0 Å². The van der Waals surface area contributed by atoms with Crippen molar-refractivity contribution < 1.29 is 19.2 Å². The predicted molar refractivity (Wildman–Crippen MR) is 66.1 cm³/mol. The van der Waals surface area contributed by atoms with Gasteiger partial charge in [-0.15, -0.1) is 0 Å². The zero-order valence-electron chi connectivity index (χ0n) is 10.4. The molecule has 0 saturated carbocycles. The molecular weight excluding hydrogens is 252 g/mol. The largest absolute Gasteiger partial charge is 0.415 e. The molecule has 1 aromatic rings. The fraction of sp³-hybridized carbons (Fsp3) is 0.417. The first kappa shape index (κ1) is 13.3. The van der Waals surface area contributed by atoms with E-state index in [1.54, 1.807) is 12.0 Å². The molecule has 0 aliphatic carbocycles. The van der Waals surface area contributed by atoms with Crippen molar-refractivity contribution in [2.45, 2.75) is 12.5 Å². The lowest BCUT2D eigenvalue weighted by Gasteiger charge is -2.15. The second-order valence-electron chi connectivity index (χ2n) is 4.21. The summed E-state index contributed by atoms with van der Waals surface area (Å²) >= 11 is 0. The van der Waals surface area contributed by atoms with Crippen molar-refractivity contribution in [2.24, 2.45) is 0 Å². The molecule has 1 fully saturated rings. The Balaban J connectivity index is 1.94. The molecule has 1 saturated heterocycles. The number of carbonyl (C=O) groups excluding carboxylic acids is 1. The zero-order chi connectivity index (χ0) is 13.8. The Hall–Kier alpha value is -2.15. The number of hydrogen-bond acceptors (Lipinski definition) is 5. The normalized spacial score (nSPS) is 18.4. The number of nitrogens with zero attached hydrogens (tertiary/aromatic N) is 2. The summed E-state index contributed by atoms with van der Waals surface area (Å²) in [4.78, 5) is 23.3. The Bertz CT molecular complexity index is 474. The van der Waals surface area contributed by atoms with Gasteiger partial charge in [0.2, 0.25) is 0 Å². The summed E-state index contributed by atoms with van der Waals surface area (Å²) in [6.07, 6.45) is 0.365. The zero-order valence-corrected chi connectivity index (χ0v) is 10.4. The summed E-state index contributed by atoms with van der Waals surface area (Å²) < 4.78 is 10.3. The van der Waals surface area contributed by atoms with Crippen LogP contribution in [0.15, 0.2) is 24.3 Å². The van der Waals surface area contributed by atoms with E-state index in [0.29, 0.717) is 13.1 Å². The number of nitro benzene ring substituents is 1. The standard InChI is InChI=1S/C12H14N2O5/c1-18-11-6-7-13(8-11)12(15)19-10-4-2-9(3-5-10)14(16)17/h2-5,11H,6-8H2,1H3. The lowest BCUT2D eigenvalue weighted by molar-refractivity contribution is -0.384. The highest BCUT2D eigenvalue weighted by Gasteiger charge is 2.27. The Morgan fingerprint density at radius 3 is 2.63 bits per heavy atom. The fourth-order valence-electron chi connectivity index (χ4n) is 1.89. The third-order valence-electron chi connectivity index (χ3n) is 2.99. The topological polar surface area (TPSA) is 81.9 Å². The molecule has 0 bridgehead atoms. The highest BCUT2D eigenvalue weighted by atomic mass is 16.6. The van der Waals surface area contributed by atoms with E-state index < -0.39 is 11.0 Å². The first-order valence-electron chi connectivity index (χ1n) is 5.84. The van der Waals surface area contributed by atoms with Gasteiger partial charge in [-0.3, -0.25) is 10.1 Å². The van der Waals surface area contributed by atoms with Gasteiger partial charge < -0.3 is 14.4 Å². The quantitative estimate of drug-likeness (QED) is 0.615. The van der Waals surface area contributed by atoms with E-state index in [4.69, 9.17) is 9.47 Å². The molecule has 0 spiro atoms. The van der Waals surface area contributed by atoms with E-state index in [1.807, 2.05) is 0 Å². The minimum atomic E-state index is -0.505. The summed E-state index contributed by atoms with van der Waals surface area (Å²) in [7, 11) is 1.61. The van der Waals surface area contributed by atoms with E-state index in [9.17, 15) is 14.9 Å². The number of methoxy groups -OCH3 is 1. The maximum atomic E-state index is 11.8. The monoisotopic (exact) mass is 266 g/mol. The molecule has 102 valence electrons. The number of ether oxygens (including phenoxy) is 2. The number of benzene rings is 1. The van der Waals surface area contributed by atoms with Crippen LogP contribution in [0.1, 0.15) is 6.42 Å². The van der Waals surface area contributed by atoms with Crippen molar-refractivity contribution in [3.63, 3.8) is 0 Å². The highest BCUT2D eigenvalue weighted by molar-refractivity contribution is 5.71. The van der Waals surface area contributed by atoms with E-state index in [-0.39, 0.29) is 17.5 Å². The molecule has 1 aromatic carbocycles. The van der Waals surface area contributed by atoms with E-state index in [1.165, 1.54) is 24.3 Å². The number of rotatable bonds is 3. The molecule has 1 heterocycles. The smallest absolute Gasteiger partial charge is 0.410 e. The third kappa shape index (κ3) is 3.19. The maximum Gasteiger partial charge on any atom is 0.415 e. The molecule has 1 amide bonds. The average molecular weight is 266 g/mol. The van der Waals surface area contributed by atoms with Gasteiger partial charge in [0.15, 0.2) is 0 Å². The van der Waals surface area contributed by atoms with E-state index in [2.05, 4.69) is 0 Å². The number of amides is 1. The van der Waals surface area contributed by atoms with E-state index >= 15 is 0 Å². The Morgan fingerprint density at radius 1 is 1.42 bits per heavy atom. The maximum absolute atomic E-state index is 11.8. The first-order valence-corrected chi connectivity index (χ1v) is 5.84. The molecule has 1 aliphatic heterocycles. The summed E-state index contributed by atoms with van der Waals surface area (Å²) in [5.74, 6) is 0.288. The molecule has 0 radical (unpaired) electrons. The van der Waals surface area contributed by atoms with Crippen molar-refractivity contribution in [3.8, 4) is 5.75 Å². The van der Waals surface area contributed by atoms with Gasteiger partial charge in [-0.2, -0.15) is 0 Å². The fourth-order valence-corrected chi connectivity index (χ4v) is 1.89. The van der Waals surface area contributed by atoms with Crippen LogP contribution in [0.25, 0.3) is 0 Å². The van der Waals surface area contributed by atoms with Crippen molar-refractivity contribution in [1.29, 1.82) is 0 Å². The molecule has 19 heavy (non-hydrogen) atoms. The summed E-state index contributed by atoms with van der Waals surface area (Å²) in [5.41, 5.74) is -0.0413. The molecule has 0 aromatic heterocycles. The van der Waals surface area contributed by atoms with Gasteiger partial charge in [-0.05, 0) is 18.6 Å². The lowest BCUT2D eigenvalue weighted by atomic mass is 10.3. The molecule has 0 N–H and O–H groups in total. The van der Waals surface area contributed by atoms with Gasteiger partial charge in [0.25, 0.3) is 5.69 Å². The highest BCUT2D eigenvalue weighted by Crippen LogP contribution is 2.19. The van der Waals surface area contributed by atoms with Crippen molar-refractivity contribution in [2.75, 3.05) is 20.2 Å². The average Bonchev–Trinajstić information content (AvgIpc) is 2.88. The van der Waals surface area contributed by atoms with Crippen LogP contribution in [0.5, 0.6) is 5.75 Å². The van der Waals surface area contributed by atoms with Crippen LogP contribution in [-0.4, -0.2) is 42.2 Å². The van der Waals surface area contributed by atoms with Crippen LogP contribution in [0, 0.1) is 10.1 Å². The second kappa shape index (κ2) is 5.66. The Morgan fingerprint density at radius 2 is 2.11 bits per heavy atom. The number of non-ortho nitro benzene ring substituents is 1. The number of carbonyl (C=O) groups is 1. The Labute approximate surface area is 109 Å². The first-order chi connectivity index (χ1) is 9.10. The second-order valence-corrected chi connectivity index (χ2v) is 4.21. The third-order valence-corrected chi connectivity index (χ3v) is 2.99. The van der Waals surface area contributed by atoms with Crippen LogP contribution < -0.4 is 4.74 Å². The summed E-state index contributed by atoms with van der Waals surface area (Å²) in [5, 5.41) is 10.5. The van der Waals surface area contributed by atoms with Gasteiger partial charge in [0.1, 0.15) is 5.75 Å². The van der Waals surface area contributed by atoms with Crippen LogP contribution in [0.4, 0.5) is 10.5 Å². The van der Waals surface area contributed by atoms with Crippen LogP contribution in [0.3, 0.4) is 0 Å². The SMILES string of the molecule is COC1CCN(C(=O)Oc2ccc([N+](=O)[O-])cc2)C1. The number of likely N-dealkylation sites (tertiary alicyclic amines) is 1. The van der Waals surface area contributed by atoms with Crippen molar-refractivity contribution in [3.05, 3.63) is 34.4 Å². The number of nitro groups is 1. The minimum absolute atomic E-state index is 0.0413. The van der Waals surface area contributed by atoms with Gasteiger partial charge in [0.05, 0.1) is 17.6 Å². The predicted octanol–water partition coefficient (Wildman–Crippen LogP) is 1.81. The molecule has 2 rings (SSSR count).